The number of benzene rings is 1. The molecule has 3 N–H and O–H groups in total. The van der Waals surface area contributed by atoms with Gasteiger partial charge in [0.1, 0.15) is 6.04 Å². The molecule has 0 saturated carbocycles. The molecule has 1 fully saturated rings. The number of rotatable bonds is 4. The van der Waals surface area contributed by atoms with Gasteiger partial charge in [-0.1, -0.05) is 12.1 Å². The van der Waals surface area contributed by atoms with Crippen molar-refractivity contribution in [2.24, 2.45) is 5.73 Å². The van der Waals surface area contributed by atoms with Crippen LogP contribution in [-0.4, -0.2) is 35.2 Å². The maximum Gasteiger partial charge on any atom is 0.255 e. The Balaban J connectivity index is 1.84. The molecule has 0 aliphatic carbocycles. The molecular weight excluding hydrogens is 282 g/mol. The summed E-state index contributed by atoms with van der Waals surface area (Å²) in [7, 11) is 0. The predicted octanol–water partition coefficient (Wildman–Crippen LogP) is 0.339. The van der Waals surface area contributed by atoms with Crippen LogP contribution in [0.2, 0.25) is 0 Å². The van der Waals surface area contributed by atoms with Gasteiger partial charge in [-0.05, 0) is 43.0 Å². The number of carbonyl (C=O) groups excluding carboxylic acids is 3. The van der Waals surface area contributed by atoms with Crippen molar-refractivity contribution in [1.82, 2.24) is 10.2 Å². The zero-order chi connectivity index (χ0) is 15.7. The molecule has 116 valence electrons. The number of nitrogens with one attached hydrogen (secondary N) is 1. The molecule has 1 unspecified atom stereocenters. The Morgan fingerprint density at radius 1 is 1.27 bits per heavy atom. The predicted molar refractivity (Wildman–Crippen MR) is 79.9 cm³/mol. The van der Waals surface area contributed by atoms with Gasteiger partial charge in [-0.3, -0.25) is 19.7 Å². The number of nitrogens with two attached hydrogens (primary N) is 1. The van der Waals surface area contributed by atoms with Crippen LogP contribution in [0.4, 0.5) is 0 Å². The highest BCUT2D eigenvalue weighted by Gasteiger charge is 2.39. The van der Waals surface area contributed by atoms with Crippen LogP contribution in [0.1, 0.15) is 40.7 Å². The summed E-state index contributed by atoms with van der Waals surface area (Å²) in [4.78, 5) is 37.4. The molecule has 22 heavy (non-hydrogen) atoms. The van der Waals surface area contributed by atoms with E-state index in [0.717, 1.165) is 24.0 Å². The minimum absolute atomic E-state index is 0.126. The Hall–Kier alpha value is -2.21. The second-order valence-electron chi connectivity index (χ2n) is 5.74. The van der Waals surface area contributed by atoms with Crippen LogP contribution in [0.3, 0.4) is 0 Å². The highest BCUT2D eigenvalue weighted by molar-refractivity contribution is 6.05. The van der Waals surface area contributed by atoms with Crippen LogP contribution in [0, 0.1) is 0 Å². The number of amides is 3. The zero-order valence-electron chi connectivity index (χ0n) is 12.3. The van der Waals surface area contributed by atoms with Gasteiger partial charge in [0.15, 0.2) is 0 Å². The fourth-order valence-corrected chi connectivity index (χ4v) is 3.18. The molecule has 2 aliphatic heterocycles. The molecule has 0 bridgehead atoms. The first kappa shape index (κ1) is 14.7. The molecule has 1 saturated heterocycles. The molecule has 0 spiro atoms. The van der Waals surface area contributed by atoms with Crippen molar-refractivity contribution < 1.29 is 14.4 Å². The van der Waals surface area contributed by atoms with E-state index in [1.165, 1.54) is 0 Å². The highest BCUT2D eigenvalue weighted by Crippen LogP contribution is 2.30. The summed E-state index contributed by atoms with van der Waals surface area (Å²) in [5.41, 5.74) is 8.34. The molecule has 6 nitrogen and oxygen atoms in total. The number of carbonyl (C=O) groups is 3. The normalized spacial score (nSPS) is 21.0. The molecule has 0 radical (unpaired) electrons. The van der Waals surface area contributed by atoms with Crippen LogP contribution in [0.25, 0.3) is 0 Å². The van der Waals surface area contributed by atoms with Crippen LogP contribution in [0.15, 0.2) is 18.2 Å². The lowest BCUT2D eigenvalue weighted by Gasteiger charge is -2.29. The highest BCUT2D eigenvalue weighted by atomic mass is 16.2. The zero-order valence-corrected chi connectivity index (χ0v) is 12.3. The van der Waals surface area contributed by atoms with E-state index in [1.807, 2.05) is 12.1 Å². The third-order valence-corrected chi connectivity index (χ3v) is 4.33. The van der Waals surface area contributed by atoms with Gasteiger partial charge in [-0.25, -0.2) is 0 Å². The van der Waals surface area contributed by atoms with Crippen LogP contribution in [0.5, 0.6) is 0 Å². The summed E-state index contributed by atoms with van der Waals surface area (Å²) in [6, 6.07) is 5.13. The fourth-order valence-electron chi connectivity index (χ4n) is 3.18. The fraction of sp³-hybridized carbons (Fsp3) is 0.438. The van der Waals surface area contributed by atoms with E-state index in [2.05, 4.69) is 5.32 Å². The van der Waals surface area contributed by atoms with Gasteiger partial charge < -0.3 is 10.6 Å². The third-order valence-electron chi connectivity index (χ3n) is 4.33. The van der Waals surface area contributed by atoms with Crippen LogP contribution < -0.4 is 11.1 Å². The first-order valence-corrected chi connectivity index (χ1v) is 7.57. The lowest BCUT2D eigenvalue weighted by molar-refractivity contribution is -0.136. The monoisotopic (exact) mass is 301 g/mol. The number of imide groups is 1. The van der Waals surface area contributed by atoms with Gasteiger partial charge in [0.05, 0.1) is 0 Å². The number of hydrogen-bond donors (Lipinski definition) is 2. The minimum Gasteiger partial charge on any atom is -0.330 e. The number of aryl methyl sites for hydroxylation is 1. The maximum absolute atomic E-state index is 12.6. The Morgan fingerprint density at radius 3 is 2.82 bits per heavy atom. The van der Waals surface area contributed by atoms with E-state index in [1.54, 1.807) is 11.0 Å². The standard InChI is InChI=1S/C16H19N3O3/c17-8-2-4-10-3-1-5-11-12(10)9-19(16(11)22)13-6-7-14(20)18-15(13)21/h1,3,5,13H,2,4,6-9,17H2,(H,18,20,21). The van der Waals surface area contributed by atoms with Crippen molar-refractivity contribution in [3.8, 4) is 0 Å². The summed E-state index contributed by atoms with van der Waals surface area (Å²) in [6.45, 7) is 1.04. The van der Waals surface area contributed by atoms with Crippen molar-refractivity contribution in [3.05, 3.63) is 34.9 Å². The molecule has 6 heteroatoms. The summed E-state index contributed by atoms with van der Waals surface area (Å²) >= 11 is 0. The first-order valence-electron chi connectivity index (χ1n) is 7.57. The van der Waals surface area contributed by atoms with E-state index in [-0.39, 0.29) is 24.1 Å². The van der Waals surface area contributed by atoms with E-state index < -0.39 is 6.04 Å². The average Bonchev–Trinajstić information content (AvgIpc) is 2.83. The molecular formula is C16H19N3O3. The summed E-state index contributed by atoms with van der Waals surface area (Å²) in [5, 5.41) is 2.31. The maximum atomic E-state index is 12.6. The number of nitrogens with zero attached hydrogens (tertiary/aromatic N) is 1. The Morgan fingerprint density at radius 2 is 2.09 bits per heavy atom. The number of piperidine rings is 1. The lowest BCUT2D eigenvalue weighted by Crippen LogP contribution is -2.52. The largest absolute Gasteiger partial charge is 0.330 e. The quantitative estimate of drug-likeness (QED) is 0.784. The molecule has 0 aromatic heterocycles. The van der Waals surface area contributed by atoms with E-state index in [9.17, 15) is 14.4 Å². The van der Waals surface area contributed by atoms with Gasteiger partial charge in [-0.15, -0.1) is 0 Å². The Labute approximate surface area is 128 Å². The summed E-state index contributed by atoms with van der Waals surface area (Å²) < 4.78 is 0. The Bertz CT molecular complexity index is 642. The molecule has 3 amide bonds. The number of hydrogen-bond acceptors (Lipinski definition) is 4. The minimum atomic E-state index is -0.556. The van der Waals surface area contributed by atoms with Crippen LogP contribution >= 0.6 is 0 Å². The first-order chi connectivity index (χ1) is 10.6. The lowest BCUT2D eigenvalue weighted by atomic mass is 9.99. The van der Waals surface area contributed by atoms with E-state index >= 15 is 0 Å². The van der Waals surface area contributed by atoms with E-state index in [4.69, 9.17) is 5.73 Å². The van der Waals surface area contributed by atoms with Gasteiger partial charge in [-0.2, -0.15) is 0 Å². The topological polar surface area (TPSA) is 92.5 Å². The van der Waals surface area contributed by atoms with E-state index in [0.29, 0.717) is 25.1 Å². The number of fused-ring (bicyclic) bond motifs is 1. The smallest absolute Gasteiger partial charge is 0.255 e. The van der Waals surface area contributed by atoms with Gasteiger partial charge in [0, 0.05) is 18.5 Å². The molecule has 1 aromatic rings. The van der Waals surface area contributed by atoms with Gasteiger partial charge in [0.25, 0.3) is 5.91 Å². The van der Waals surface area contributed by atoms with Crippen molar-refractivity contribution in [2.75, 3.05) is 6.54 Å². The second-order valence-corrected chi connectivity index (χ2v) is 5.74. The van der Waals surface area contributed by atoms with Gasteiger partial charge >= 0.3 is 0 Å². The average molecular weight is 301 g/mol. The van der Waals surface area contributed by atoms with Crippen molar-refractivity contribution in [1.29, 1.82) is 0 Å². The van der Waals surface area contributed by atoms with Crippen molar-refractivity contribution in [3.63, 3.8) is 0 Å². The molecule has 2 aliphatic rings. The molecule has 1 atom stereocenters. The molecule has 1 aromatic carbocycles. The van der Waals surface area contributed by atoms with Crippen LogP contribution in [-0.2, 0) is 22.6 Å². The Kier molecular flexibility index (Phi) is 3.94. The second kappa shape index (κ2) is 5.88. The molecule has 2 heterocycles. The van der Waals surface area contributed by atoms with Crippen molar-refractivity contribution >= 4 is 17.7 Å². The van der Waals surface area contributed by atoms with Gasteiger partial charge in [0.2, 0.25) is 11.8 Å². The summed E-state index contributed by atoms with van der Waals surface area (Å²) in [5.74, 6) is -0.769. The third kappa shape index (κ3) is 2.50. The molecule has 3 rings (SSSR count). The van der Waals surface area contributed by atoms with Crippen molar-refractivity contribution in [2.45, 2.75) is 38.3 Å². The SMILES string of the molecule is NCCCc1cccc2c1CN(C1CCC(=O)NC1=O)C2=O. The summed E-state index contributed by atoms with van der Waals surface area (Å²) in [6.07, 6.45) is 2.36.